The molecule has 0 unspecified atom stereocenters. The van der Waals surface area contributed by atoms with Gasteiger partial charge in [-0.25, -0.2) is 9.78 Å². The number of thioether (sulfide) groups is 1. The number of aryl methyl sites for hydroxylation is 2. The van der Waals surface area contributed by atoms with Gasteiger partial charge in [-0.3, -0.25) is 13.9 Å². The number of ether oxygens (including phenoxy) is 1. The number of rotatable bonds is 8. The zero-order chi connectivity index (χ0) is 21.1. The lowest BCUT2D eigenvalue weighted by molar-refractivity contribution is 0.0913. The maximum absolute atomic E-state index is 12.7. The molecule has 0 aliphatic rings. The fraction of sp³-hybridized carbons (Fsp3) is 0.350. The molecule has 2 aromatic heterocycles. The summed E-state index contributed by atoms with van der Waals surface area (Å²) in [6.45, 7) is 5.85. The second kappa shape index (κ2) is 8.71. The fourth-order valence-corrected chi connectivity index (χ4v) is 3.67. The van der Waals surface area contributed by atoms with Crippen molar-refractivity contribution in [2.75, 3.05) is 12.4 Å². The highest BCUT2D eigenvalue weighted by Gasteiger charge is 2.21. The van der Waals surface area contributed by atoms with Crippen LogP contribution in [0.5, 0.6) is 5.75 Å². The smallest absolute Gasteiger partial charge is 0.332 e. The molecule has 8 nitrogen and oxygen atoms in total. The predicted octanol–water partition coefficient (Wildman–Crippen LogP) is 1.46. The number of hydrogen-bond acceptors (Lipinski definition) is 6. The summed E-state index contributed by atoms with van der Waals surface area (Å²) < 4.78 is 9.68. The molecule has 154 valence electrons. The Morgan fingerprint density at radius 3 is 2.59 bits per heavy atom. The zero-order valence-corrected chi connectivity index (χ0v) is 17.5. The Balaban J connectivity index is 1.93. The number of benzene rings is 1. The van der Waals surface area contributed by atoms with E-state index in [9.17, 15) is 14.7 Å². The molecule has 1 atom stereocenters. The summed E-state index contributed by atoms with van der Waals surface area (Å²) in [4.78, 5) is 29.4. The summed E-state index contributed by atoms with van der Waals surface area (Å²) in [5.41, 5.74) is 0.781. The van der Waals surface area contributed by atoms with Crippen molar-refractivity contribution >= 4 is 22.9 Å². The molecular weight excluding hydrogens is 392 g/mol. The van der Waals surface area contributed by atoms with Gasteiger partial charge in [0.05, 0.1) is 6.54 Å². The van der Waals surface area contributed by atoms with E-state index >= 15 is 0 Å². The van der Waals surface area contributed by atoms with Crippen LogP contribution < -0.4 is 16.0 Å². The van der Waals surface area contributed by atoms with Gasteiger partial charge in [-0.15, -0.1) is 6.58 Å². The highest BCUT2D eigenvalue weighted by Crippen LogP contribution is 2.22. The van der Waals surface area contributed by atoms with E-state index in [2.05, 4.69) is 11.6 Å². The van der Waals surface area contributed by atoms with E-state index in [1.807, 2.05) is 31.2 Å². The van der Waals surface area contributed by atoms with Crippen LogP contribution in [-0.4, -0.2) is 42.3 Å². The largest absolute Gasteiger partial charge is 0.491 e. The van der Waals surface area contributed by atoms with Gasteiger partial charge < -0.3 is 14.4 Å². The summed E-state index contributed by atoms with van der Waals surface area (Å²) in [7, 11) is 3.00. The van der Waals surface area contributed by atoms with Crippen LogP contribution in [0.2, 0.25) is 0 Å². The minimum absolute atomic E-state index is 0.0559. The highest BCUT2D eigenvalue weighted by atomic mass is 32.2. The maximum Gasteiger partial charge on any atom is 0.332 e. The molecule has 9 heteroatoms. The van der Waals surface area contributed by atoms with Crippen molar-refractivity contribution in [3.63, 3.8) is 0 Å². The van der Waals surface area contributed by atoms with Crippen LogP contribution in [0.25, 0.3) is 11.2 Å². The van der Waals surface area contributed by atoms with E-state index in [0.717, 1.165) is 10.1 Å². The van der Waals surface area contributed by atoms with Crippen LogP contribution in [0.3, 0.4) is 0 Å². The molecule has 0 fully saturated rings. The molecule has 0 aliphatic carbocycles. The number of fused-ring (bicyclic) bond motifs is 1. The Kier molecular flexibility index (Phi) is 6.29. The number of aromatic nitrogens is 4. The molecule has 0 bridgehead atoms. The summed E-state index contributed by atoms with van der Waals surface area (Å²) in [5, 5.41) is 11.1. The van der Waals surface area contributed by atoms with Crippen LogP contribution >= 0.6 is 11.8 Å². The van der Waals surface area contributed by atoms with Crippen molar-refractivity contribution in [3.05, 3.63) is 63.3 Å². The van der Waals surface area contributed by atoms with E-state index in [1.54, 1.807) is 17.7 Å². The van der Waals surface area contributed by atoms with E-state index in [4.69, 9.17) is 4.74 Å². The van der Waals surface area contributed by atoms with Gasteiger partial charge in [-0.1, -0.05) is 35.5 Å². The second-order valence-electron chi connectivity index (χ2n) is 6.76. The van der Waals surface area contributed by atoms with Gasteiger partial charge in [0.2, 0.25) is 0 Å². The molecule has 3 rings (SSSR count). The monoisotopic (exact) mass is 416 g/mol. The summed E-state index contributed by atoms with van der Waals surface area (Å²) in [6, 6.07) is 7.54. The first kappa shape index (κ1) is 20.9. The Morgan fingerprint density at radius 1 is 1.24 bits per heavy atom. The molecule has 0 amide bonds. The Morgan fingerprint density at radius 2 is 1.93 bits per heavy atom. The number of aliphatic hydroxyl groups is 1. The van der Waals surface area contributed by atoms with Crippen LogP contribution in [0, 0.1) is 6.92 Å². The molecule has 2 heterocycles. The lowest BCUT2D eigenvalue weighted by Gasteiger charge is -2.15. The molecule has 3 aromatic rings. The van der Waals surface area contributed by atoms with E-state index in [-0.39, 0.29) is 24.3 Å². The van der Waals surface area contributed by atoms with Crippen molar-refractivity contribution in [1.82, 2.24) is 18.7 Å². The van der Waals surface area contributed by atoms with E-state index in [1.165, 1.54) is 23.4 Å². The SMILES string of the molecule is C=CCSc1nc2c(c(=O)n(C)c(=O)n2C)n1C[C@H](O)COc1ccc(C)cc1. The lowest BCUT2D eigenvalue weighted by Crippen LogP contribution is -2.38. The summed E-state index contributed by atoms with van der Waals surface area (Å²) in [5.74, 6) is 1.23. The topological polar surface area (TPSA) is 91.3 Å². The van der Waals surface area contributed by atoms with Crippen LogP contribution in [0.1, 0.15) is 5.56 Å². The summed E-state index contributed by atoms with van der Waals surface area (Å²) in [6.07, 6.45) is 0.848. The predicted molar refractivity (Wildman–Crippen MR) is 114 cm³/mol. The normalized spacial score (nSPS) is 12.3. The standard InChI is InChI=1S/C20H24N4O4S/c1-5-10-29-19-21-17-16(18(26)23(4)20(27)22(17)3)24(19)11-14(25)12-28-15-8-6-13(2)7-9-15/h5-9,14,25H,1,10-12H2,2-4H3/t14-/m0/s1. The van der Waals surface area contributed by atoms with Gasteiger partial charge in [0, 0.05) is 19.8 Å². The number of imidazole rings is 1. The van der Waals surface area contributed by atoms with Crippen LogP contribution in [0.15, 0.2) is 51.7 Å². The van der Waals surface area contributed by atoms with E-state index in [0.29, 0.717) is 16.7 Å². The average Bonchev–Trinajstić information content (AvgIpc) is 3.07. The Hall–Kier alpha value is -2.78. The third-order valence-electron chi connectivity index (χ3n) is 4.50. The third-order valence-corrected chi connectivity index (χ3v) is 5.47. The Bertz CT molecular complexity index is 1140. The van der Waals surface area contributed by atoms with Gasteiger partial charge in [0.1, 0.15) is 18.5 Å². The number of hydrogen-bond donors (Lipinski definition) is 1. The Labute approximate surface area is 172 Å². The first-order valence-electron chi connectivity index (χ1n) is 9.11. The first-order chi connectivity index (χ1) is 13.8. The van der Waals surface area contributed by atoms with Gasteiger partial charge in [0.25, 0.3) is 5.56 Å². The van der Waals surface area contributed by atoms with Gasteiger partial charge >= 0.3 is 5.69 Å². The second-order valence-corrected chi connectivity index (χ2v) is 7.75. The minimum atomic E-state index is -0.876. The number of aliphatic hydroxyl groups excluding tert-OH is 1. The molecule has 0 saturated heterocycles. The highest BCUT2D eigenvalue weighted by molar-refractivity contribution is 7.99. The first-order valence-corrected chi connectivity index (χ1v) is 10.1. The molecule has 0 aliphatic heterocycles. The van der Waals surface area contributed by atoms with Gasteiger partial charge in [-0.05, 0) is 19.1 Å². The molecule has 0 spiro atoms. The zero-order valence-electron chi connectivity index (χ0n) is 16.7. The maximum atomic E-state index is 12.7. The van der Waals surface area contributed by atoms with E-state index < -0.39 is 17.4 Å². The third kappa shape index (κ3) is 4.30. The van der Waals surface area contributed by atoms with Crippen molar-refractivity contribution in [1.29, 1.82) is 0 Å². The molecule has 29 heavy (non-hydrogen) atoms. The van der Waals surface area contributed by atoms with Gasteiger partial charge in [-0.2, -0.15) is 0 Å². The average molecular weight is 417 g/mol. The molecule has 1 N–H and O–H groups in total. The molecular formula is C20H24N4O4S. The molecule has 1 aromatic carbocycles. The van der Waals surface area contributed by atoms with Crippen molar-refractivity contribution < 1.29 is 9.84 Å². The molecule has 0 saturated carbocycles. The van der Waals surface area contributed by atoms with Crippen molar-refractivity contribution in [2.24, 2.45) is 14.1 Å². The van der Waals surface area contributed by atoms with Crippen LogP contribution in [0.4, 0.5) is 0 Å². The van der Waals surface area contributed by atoms with Gasteiger partial charge in [0.15, 0.2) is 16.3 Å². The fourth-order valence-electron chi connectivity index (χ4n) is 2.93. The van der Waals surface area contributed by atoms with Crippen molar-refractivity contribution in [3.8, 4) is 5.75 Å². The summed E-state index contributed by atoms with van der Waals surface area (Å²) >= 11 is 1.38. The van der Waals surface area contributed by atoms with Crippen molar-refractivity contribution in [2.45, 2.75) is 24.7 Å². The van der Waals surface area contributed by atoms with Crippen LogP contribution in [-0.2, 0) is 20.6 Å². The minimum Gasteiger partial charge on any atom is -0.491 e. The quantitative estimate of drug-likeness (QED) is 0.442. The molecule has 0 radical (unpaired) electrons. The number of nitrogens with zero attached hydrogens (tertiary/aromatic N) is 4. The lowest BCUT2D eigenvalue weighted by atomic mass is 10.2.